The van der Waals surface area contributed by atoms with Crippen molar-refractivity contribution in [1.29, 1.82) is 0 Å². The van der Waals surface area contributed by atoms with E-state index >= 15 is 0 Å². The van der Waals surface area contributed by atoms with Crippen molar-refractivity contribution >= 4 is 22.6 Å². The quantitative estimate of drug-likeness (QED) is 0.436. The molecule has 2 aromatic carbocycles. The zero-order valence-electron chi connectivity index (χ0n) is 21.1. The fourth-order valence-electron chi connectivity index (χ4n) is 6.07. The largest absolute Gasteiger partial charge is 0.543 e. The van der Waals surface area contributed by atoms with E-state index in [2.05, 4.69) is 19.2 Å². The van der Waals surface area contributed by atoms with Gasteiger partial charge in [-0.15, -0.1) is 0 Å². The molecule has 0 radical (unpaired) electrons. The Morgan fingerprint density at radius 2 is 1.92 bits per heavy atom. The number of amides is 1. The summed E-state index contributed by atoms with van der Waals surface area (Å²) in [6.45, 7) is 8.15. The summed E-state index contributed by atoms with van der Waals surface area (Å²) in [4.78, 5) is 25.8. The van der Waals surface area contributed by atoms with Crippen molar-refractivity contribution in [2.24, 2.45) is 11.8 Å². The second-order valence-corrected chi connectivity index (χ2v) is 10.6. The van der Waals surface area contributed by atoms with E-state index in [-0.39, 0.29) is 30.2 Å². The van der Waals surface area contributed by atoms with Crippen LogP contribution in [0.25, 0.3) is 10.8 Å². The molecular formula is C28H34N2O6. The number of carboxylic acid groups (broad SMARTS) is 1. The van der Waals surface area contributed by atoms with Gasteiger partial charge in [-0.25, -0.2) is 0 Å². The van der Waals surface area contributed by atoms with Crippen LogP contribution in [0.15, 0.2) is 47.7 Å². The number of ether oxygens (including phenoxy) is 2. The van der Waals surface area contributed by atoms with E-state index in [1.807, 2.05) is 31.2 Å². The van der Waals surface area contributed by atoms with Gasteiger partial charge in [-0.05, 0) is 29.5 Å². The van der Waals surface area contributed by atoms with Crippen molar-refractivity contribution in [1.82, 2.24) is 4.90 Å². The molecule has 0 unspecified atom stereocenters. The SMILES string of the molecule is C[C@@H](O)[C@H]1C(=O)N2C(C(=O)[O-])=C(COc3cccc4c(CC[N+]5(C)CCOCC5)cccc34)[C@H](C)[C@H]12. The maximum atomic E-state index is 12.6. The van der Waals surface area contributed by atoms with Gasteiger partial charge in [0.15, 0.2) is 0 Å². The second kappa shape index (κ2) is 9.50. The van der Waals surface area contributed by atoms with Crippen LogP contribution in [0.4, 0.5) is 0 Å². The number of nitrogens with zero attached hydrogens (tertiary/aromatic N) is 2. The Morgan fingerprint density at radius 1 is 1.22 bits per heavy atom. The topological polar surface area (TPSA) is 99.1 Å². The van der Waals surface area contributed by atoms with Crippen molar-refractivity contribution in [3.8, 4) is 5.75 Å². The maximum absolute atomic E-state index is 12.6. The van der Waals surface area contributed by atoms with Crippen molar-refractivity contribution in [3.05, 3.63) is 53.2 Å². The molecule has 1 amide bonds. The number of benzene rings is 2. The van der Waals surface area contributed by atoms with Gasteiger partial charge in [0.05, 0.1) is 56.5 Å². The van der Waals surface area contributed by atoms with Crippen molar-refractivity contribution < 1.29 is 33.8 Å². The average molecular weight is 495 g/mol. The monoisotopic (exact) mass is 494 g/mol. The van der Waals surface area contributed by atoms with Crippen LogP contribution in [-0.4, -0.2) is 85.0 Å². The summed E-state index contributed by atoms with van der Waals surface area (Å²) in [5.74, 6) is -1.95. The minimum atomic E-state index is -1.39. The maximum Gasteiger partial charge on any atom is 0.235 e. The van der Waals surface area contributed by atoms with Gasteiger partial charge in [0.25, 0.3) is 0 Å². The predicted octanol–water partition coefficient (Wildman–Crippen LogP) is 1.10. The van der Waals surface area contributed by atoms with E-state index in [4.69, 9.17) is 9.47 Å². The summed E-state index contributed by atoms with van der Waals surface area (Å²) in [7, 11) is 2.28. The number of likely N-dealkylation sites (N-methyl/N-ethyl adjacent to an activating group) is 1. The normalized spacial score (nSPS) is 26.1. The number of rotatable bonds is 8. The number of aliphatic hydroxyl groups is 1. The fraction of sp³-hybridized carbons (Fsp3) is 0.500. The zero-order valence-corrected chi connectivity index (χ0v) is 21.1. The number of carboxylic acids is 1. The highest BCUT2D eigenvalue weighted by Gasteiger charge is 2.58. The number of aliphatic carboxylic acids is 1. The summed E-state index contributed by atoms with van der Waals surface area (Å²) in [5, 5.41) is 24.1. The third-order valence-corrected chi connectivity index (χ3v) is 8.34. The molecule has 192 valence electrons. The third kappa shape index (κ3) is 4.17. The van der Waals surface area contributed by atoms with Crippen LogP contribution in [0.3, 0.4) is 0 Å². The van der Waals surface area contributed by atoms with Gasteiger partial charge in [0.1, 0.15) is 25.4 Å². The molecular weight excluding hydrogens is 460 g/mol. The van der Waals surface area contributed by atoms with Gasteiger partial charge in [-0.1, -0.05) is 37.3 Å². The lowest BCUT2D eigenvalue weighted by molar-refractivity contribution is -0.916. The Bertz CT molecular complexity index is 1220. The summed E-state index contributed by atoms with van der Waals surface area (Å²) in [6, 6.07) is 11.8. The molecule has 5 rings (SSSR count). The number of hydrogen-bond donors (Lipinski definition) is 1. The van der Waals surface area contributed by atoms with E-state index in [1.54, 1.807) is 6.92 Å². The number of carbonyl (C=O) groups is 2. The summed E-state index contributed by atoms with van der Waals surface area (Å²) in [5.41, 5.74) is 1.66. The summed E-state index contributed by atoms with van der Waals surface area (Å²) in [6.07, 6.45) is 0.0938. The van der Waals surface area contributed by atoms with Gasteiger partial charge < -0.3 is 33.9 Å². The number of aliphatic hydroxyl groups excluding tert-OH is 1. The number of quaternary nitrogens is 1. The minimum absolute atomic E-state index is 0.0373. The Balaban J connectivity index is 1.37. The Morgan fingerprint density at radius 3 is 2.61 bits per heavy atom. The number of carbonyl (C=O) groups excluding carboxylic acids is 2. The van der Waals surface area contributed by atoms with Crippen molar-refractivity contribution in [2.45, 2.75) is 32.4 Å². The van der Waals surface area contributed by atoms with Crippen molar-refractivity contribution in [3.63, 3.8) is 0 Å². The molecule has 0 aromatic heterocycles. The molecule has 0 spiro atoms. The number of β-lactam (4-membered cyclic amide) rings is 1. The molecule has 2 fully saturated rings. The van der Waals surface area contributed by atoms with E-state index in [0.29, 0.717) is 11.3 Å². The van der Waals surface area contributed by atoms with Gasteiger partial charge >= 0.3 is 0 Å². The smallest absolute Gasteiger partial charge is 0.235 e. The molecule has 36 heavy (non-hydrogen) atoms. The van der Waals surface area contributed by atoms with Gasteiger partial charge in [-0.2, -0.15) is 0 Å². The van der Waals surface area contributed by atoms with E-state index in [1.165, 1.54) is 10.5 Å². The Labute approximate surface area is 211 Å². The molecule has 0 saturated carbocycles. The lowest BCUT2D eigenvalue weighted by Gasteiger charge is -2.47. The number of hydrogen-bond acceptors (Lipinski definition) is 6. The molecule has 0 bridgehead atoms. The standard InChI is InChI=1S/C28H34N2O6/c1-17-22(26(28(33)34)29-25(17)24(18(2)31)27(29)32)16-36-23-9-5-7-20-19(6-4-8-21(20)23)10-11-30(3)12-14-35-15-13-30/h4-9,17-18,24-25,31H,10-16H2,1-3H3/t17-,18+,24+,25+/m0/s1. The first-order valence-corrected chi connectivity index (χ1v) is 12.7. The zero-order chi connectivity index (χ0) is 25.6. The van der Waals surface area contributed by atoms with E-state index in [0.717, 1.165) is 54.5 Å². The molecule has 2 saturated heterocycles. The van der Waals surface area contributed by atoms with Gasteiger partial charge in [-0.3, -0.25) is 4.79 Å². The highest BCUT2D eigenvalue weighted by Crippen LogP contribution is 2.47. The lowest BCUT2D eigenvalue weighted by atomic mass is 9.78. The molecule has 1 N–H and O–H groups in total. The van der Waals surface area contributed by atoms with Crippen LogP contribution in [0.2, 0.25) is 0 Å². The molecule has 4 atom stereocenters. The van der Waals surface area contributed by atoms with E-state index < -0.39 is 18.0 Å². The van der Waals surface area contributed by atoms with Crippen LogP contribution in [0.5, 0.6) is 5.75 Å². The summed E-state index contributed by atoms with van der Waals surface area (Å²) < 4.78 is 12.7. The Kier molecular flexibility index (Phi) is 6.53. The minimum Gasteiger partial charge on any atom is -0.543 e. The number of morpholine rings is 1. The fourth-order valence-corrected chi connectivity index (χ4v) is 6.07. The van der Waals surface area contributed by atoms with Crippen LogP contribution >= 0.6 is 0 Å². The highest BCUT2D eigenvalue weighted by molar-refractivity contribution is 5.99. The van der Waals surface area contributed by atoms with Crippen LogP contribution < -0.4 is 9.84 Å². The van der Waals surface area contributed by atoms with Crippen molar-refractivity contribution in [2.75, 3.05) is 46.5 Å². The lowest BCUT2D eigenvalue weighted by Crippen LogP contribution is -2.64. The van der Waals surface area contributed by atoms with Gasteiger partial charge in [0.2, 0.25) is 5.91 Å². The highest BCUT2D eigenvalue weighted by atomic mass is 16.5. The van der Waals surface area contributed by atoms with Crippen LogP contribution in [0, 0.1) is 11.8 Å². The molecule has 3 aliphatic heterocycles. The molecule has 2 aromatic rings. The molecule has 3 heterocycles. The Hall–Kier alpha value is -2.94. The predicted molar refractivity (Wildman–Crippen MR) is 132 cm³/mol. The second-order valence-electron chi connectivity index (χ2n) is 10.6. The first-order valence-electron chi connectivity index (χ1n) is 12.7. The first-order chi connectivity index (χ1) is 17.2. The number of fused-ring (bicyclic) bond motifs is 2. The molecule has 3 aliphatic rings. The molecule has 0 aliphatic carbocycles. The van der Waals surface area contributed by atoms with Gasteiger partial charge in [0, 0.05) is 17.7 Å². The summed E-state index contributed by atoms with van der Waals surface area (Å²) >= 11 is 0. The molecule has 8 heteroatoms. The first kappa shape index (κ1) is 24.7. The molecule has 8 nitrogen and oxygen atoms in total. The van der Waals surface area contributed by atoms with Crippen LogP contribution in [0.1, 0.15) is 19.4 Å². The third-order valence-electron chi connectivity index (χ3n) is 8.34. The van der Waals surface area contributed by atoms with E-state index in [9.17, 15) is 19.8 Å². The van der Waals surface area contributed by atoms with Crippen LogP contribution in [-0.2, 0) is 20.7 Å². The average Bonchev–Trinajstić information content (AvgIpc) is 3.09.